The Morgan fingerprint density at radius 1 is 1.32 bits per heavy atom. The lowest BCUT2D eigenvalue weighted by atomic mass is 10.0. The van der Waals surface area contributed by atoms with Crippen molar-refractivity contribution >= 4 is 21.6 Å². The molecule has 0 bridgehead atoms. The number of thiophene rings is 1. The van der Waals surface area contributed by atoms with Crippen LogP contribution in [0.15, 0.2) is 35.1 Å². The summed E-state index contributed by atoms with van der Waals surface area (Å²) >= 11 is 1.42. The number of H-pyrrole nitrogens is 1. The summed E-state index contributed by atoms with van der Waals surface area (Å²) in [6.45, 7) is 1.19. The molecule has 0 spiro atoms. The van der Waals surface area contributed by atoms with Gasteiger partial charge in [-0.05, 0) is 12.5 Å². The highest BCUT2D eigenvalue weighted by Gasteiger charge is 2.16. The van der Waals surface area contributed by atoms with E-state index in [2.05, 4.69) is 9.97 Å². The Balaban J connectivity index is 2.38. The average Bonchev–Trinajstić information content (AvgIpc) is 2.76. The van der Waals surface area contributed by atoms with Gasteiger partial charge in [0.15, 0.2) is 0 Å². The molecule has 0 unspecified atom stereocenters. The van der Waals surface area contributed by atoms with Crippen LogP contribution in [0, 0.1) is 6.92 Å². The molecule has 0 aliphatic heterocycles. The standard InChI is InChI=1S/C14H11FN2OS/c1-8-11(9-5-3-2-4-6-9)12-13(18)16-10(7-15)17-14(12)19-8/h2-6H,7H2,1H3,(H,16,17,18). The van der Waals surface area contributed by atoms with Crippen LogP contribution in [0.3, 0.4) is 0 Å². The minimum absolute atomic E-state index is 0.0818. The van der Waals surface area contributed by atoms with E-state index in [1.807, 2.05) is 37.3 Å². The van der Waals surface area contributed by atoms with Gasteiger partial charge in [-0.2, -0.15) is 0 Å². The third-order valence-electron chi connectivity index (χ3n) is 2.98. The number of halogens is 1. The zero-order chi connectivity index (χ0) is 13.4. The lowest BCUT2D eigenvalue weighted by Gasteiger charge is -2.01. The highest BCUT2D eigenvalue weighted by atomic mass is 32.1. The Morgan fingerprint density at radius 3 is 2.74 bits per heavy atom. The molecule has 0 saturated carbocycles. The number of alkyl halides is 1. The van der Waals surface area contributed by atoms with Crippen molar-refractivity contribution in [3.63, 3.8) is 0 Å². The first-order valence-corrected chi connectivity index (χ1v) is 6.66. The van der Waals surface area contributed by atoms with Gasteiger partial charge in [-0.3, -0.25) is 4.79 Å². The SMILES string of the molecule is Cc1sc2nc(CF)[nH]c(=O)c2c1-c1ccccc1. The van der Waals surface area contributed by atoms with Crippen LogP contribution in [0.5, 0.6) is 0 Å². The molecule has 19 heavy (non-hydrogen) atoms. The number of hydrogen-bond donors (Lipinski definition) is 1. The minimum Gasteiger partial charge on any atom is -0.308 e. The van der Waals surface area contributed by atoms with Gasteiger partial charge in [-0.1, -0.05) is 30.3 Å². The summed E-state index contributed by atoms with van der Waals surface area (Å²) in [6, 6.07) is 9.69. The highest BCUT2D eigenvalue weighted by Crippen LogP contribution is 2.35. The summed E-state index contributed by atoms with van der Waals surface area (Å²) in [4.78, 5) is 20.3. The molecule has 2 aromatic heterocycles. The van der Waals surface area contributed by atoms with E-state index in [0.717, 1.165) is 16.0 Å². The summed E-state index contributed by atoms with van der Waals surface area (Å²) in [7, 11) is 0. The molecule has 0 radical (unpaired) electrons. The van der Waals surface area contributed by atoms with Crippen molar-refractivity contribution in [1.29, 1.82) is 0 Å². The molecule has 2 heterocycles. The lowest BCUT2D eigenvalue weighted by molar-refractivity contribution is 0.466. The molecule has 0 atom stereocenters. The number of nitrogens with one attached hydrogen (secondary N) is 1. The Morgan fingerprint density at radius 2 is 2.05 bits per heavy atom. The molecule has 3 nitrogen and oxygen atoms in total. The molecular weight excluding hydrogens is 263 g/mol. The number of fused-ring (bicyclic) bond motifs is 1. The molecular formula is C14H11FN2OS. The van der Waals surface area contributed by atoms with E-state index in [-0.39, 0.29) is 11.4 Å². The molecule has 0 saturated heterocycles. The van der Waals surface area contributed by atoms with Gasteiger partial charge < -0.3 is 4.98 Å². The maximum Gasteiger partial charge on any atom is 0.260 e. The first kappa shape index (κ1) is 12.0. The molecule has 1 N–H and O–H groups in total. The summed E-state index contributed by atoms with van der Waals surface area (Å²) in [6.07, 6.45) is 0. The van der Waals surface area contributed by atoms with Gasteiger partial charge in [-0.15, -0.1) is 11.3 Å². The Bertz CT molecular complexity index is 792. The first-order valence-electron chi connectivity index (χ1n) is 5.84. The van der Waals surface area contributed by atoms with Gasteiger partial charge in [0.25, 0.3) is 5.56 Å². The Kier molecular flexibility index (Phi) is 2.91. The van der Waals surface area contributed by atoms with E-state index in [9.17, 15) is 9.18 Å². The van der Waals surface area contributed by atoms with Gasteiger partial charge in [0.05, 0.1) is 5.39 Å². The average molecular weight is 274 g/mol. The largest absolute Gasteiger partial charge is 0.308 e. The number of aromatic amines is 1. The van der Waals surface area contributed by atoms with Crippen LogP contribution in [0.25, 0.3) is 21.3 Å². The van der Waals surface area contributed by atoms with Crippen molar-refractivity contribution in [2.24, 2.45) is 0 Å². The molecule has 0 aliphatic carbocycles. The normalized spacial score (nSPS) is 11.1. The van der Waals surface area contributed by atoms with Crippen LogP contribution in [-0.4, -0.2) is 9.97 Å². The molecule has 3 aromatic rings. The van der Waals surface area contributed by atoms with Crippen LogP contribution in [-0.2, 0) is 6.67 Å². The van der Waals surface area contributed by atoms with Crippen LogP contribution >= 0.6 is 11.3 Å². The second-order valence-corrected chi connectivity index (χ2v) is 5.43. The van der Waals surface area contributed by atoms with Crippen molar-refractivity contribution < 1.29 is 4.39 Å². The summed E-state index contributed by atoms with van der Waals surface area (Å²) in [5.74, 6) is 0.0818. The predicted octanol–water partition coefficient (Wildman–Crippen LogP) is 3.43. The van der Waals surface area contributed by atoms with Crippen molar-refractivity contribution in [2.75, 3.05) is 0 Å². The number of hydrogen-bond acceptors (Lipinski definition) is 3. The number of nitrogens with zero attached hydrogens (tertiary/aromatic N) is 1. The third kappa shape index (κ3) is 1.96. The topological polar surface area (TPSA) is 45.8 Å². The summed E-state index contributed by atoms with van der Waals surface area (Å²) in [5, 5.41) is 0.547. The van der Waals surface area contributed by atoms with E-state index < -0.39 is 6.67 Å². The van der Waals surface area contributed by atoms with E-state index in [1.54, 1.807) is 0 Å². The molecule has 0 aliphatic rings. The molecule has 0 amide bonds. The summed E-state index contributed by atoms with van der Waals surface area (Å²) < 4.78 is 12.6. The number of aromatic nitrogens is 2. The number of benzene rings is 1. The minimum atomic E-state index is -0.761. The molecule has 5 heteroatoms. The second-order valence-electron chi connectivity index (χ2n) is 4.23. The van der Waals surface area contributed by atoms with Crippen molar-refractivity contribution in [3.05, 3.63) is 51.4 Å². The van der Waals surface area contributed by atoms with Crippen molar-refractivity contribution in [1.82, 2.24) is 9.97 Å². The van der Waals surface area contributed by atoms with E-state index >= 15 is 0 Å². The fraction of sp³-hybridized carbons (Fsp3) is 0.143. The molecule has 1 aromatic carbocycles. The van der Waals surface area contributed by atoms with Crippen LogP contribution in [0.1, 0.15) is 10.7 Å². The van der Waals surface area contributed by atoms with E-state index in [1.165, 1.54) is 11.3 Å². The van der Waals surface area contributed by atoms with Crippen molar-refractivity contribution in [3.8, 4) is 11.1 Å². The monoisotopic (exact) mass is 274 g/mol. The van der Waals surface area contributed by atoms with E-state index in [0.29, 0.717) is 10.2 Å². The smallest absolute Gasteiger partial charge is 0.260 e. The van der Waals surface area contributed by atoms with Gasteiger partial charge >= 0.3 is 0 Å². The number of rotatable bonds is 2. The zero-order valence-corrected chi connectivity index (χ0v) is 11.1. The van der Waals surface area contributed by atoms with Gasteiger partial charge in [-0.25, -0.2) is 9.37 Å². The molecule has 0 fully saturated rings. The Labute approximate surface area is 112 Å². The quantitative estimate of drug-likeness (QED) is 0.778. The van der Waals surface area contributed by atoms with Gasteiger partial charge in [0.1, 0.15) is 17.3 Å². The maximum atomic E-state index is 12.6. The van der Waals surface area contributed by atoms with Crippen LogP contribution in [0.4, 0.5) is 4.39 Å². The van der Waals surface area contributed by atoms with Crippen LogP contribution in [0.2, 0.25) is 0 Å². The Hall–Kier alpha value is -2.01. The van der Waals surface area contributed by atoms with Gasteiger partial charge in [0.2, 0.25) is 0 Å². The number of aryl methyl sites for hydroxylation is 1. The van der Waals surface area contributed by atoms with E-state index in [4.69, 9.17) is 0 Å². The van der Waals surface area contributed by atoms with Crippen LogP contribution < -0.4 is 5.56 Å². The molecule has 96 valence electrons. The van der Waals surface area contributed by atoms with Gasteiger partial charge in [0, 0.05) is 10.4 Å². The zero-order valence-electron chi connectivity index (χ0n) is 10.2. The third-order valence-corrected chi connectivity index (χ3v) is 3.98. The molecule has 3 rings (SSSR count). The maximum absolute atomic E-state index is 12.6. The van der Waals surface area contributed by atoms with Crippen molar-refractivity contribution in [2.45, 2.75) is 13.6 Å². The lowest BCUT2D eigenvalue weighted by Crippen LogP contribution is -2.10. The second kappa shape index (κ2) is 4.59. The first-order chi connectivity index (χ1) is 9.20. The fourth-order valence-corrected chi connectivity index (χ4v) is 3.24. The highest BCUT2D eigenvalue weighted by molar-refractivity contribution is 7.19. The predicted molar refractivity (Wildman–Crippen MR) is 75.2 cm³/mol. The summed E-state index contributed by atoms with van der Waals surface area (Å²) in [5.41, 5.74) is 1.59. The fourth-order valence-electron chi connectivity index (χ4n) is 2.18.